The third kappa shape index (κ3) is 3.13. The Morgan fingerprint density at radius 3 is 3.00 bits per heavy atom. The van der Waals surface area contributed by atoms with Crippen LogP contribution in [-0.2, 0) is 16.1 Å². The van der Waals surface area contributed by atoms with Gasteiger partial charge in [0.05, 0.1) is 0 Å². The van der Waals surface area contributed by atoms with E-state index in [-0.39, 0.29) is 23.1 Å². The fourth-order valence-corrected chi connectivity index (χ4v) is 3.64. The van der Waals surface area contributed by atoms with Gasteiger partial charge >= 0.3 is 0 Å². The first kappa shape index (κ1) is 16.1. The molecule has 1 N–H and O–H groups in total. The lowest BCUT2D eigenvalue weighted by atomic mass is 10.0. The number of carbonyl (C=O) groups is 2. The molecule has 23 heavy (non-hydrogen) atoms. The van der Waals surface area contributed by atoms with Crippen molar-refractivity contribution in [2.75, 3.05) is 13.1 Å². The molecule has 2 unspecified atom stereocenters. The second kappa shape index (κ2) is 6.00. The quantitative estimate of drug-likeness (QED) is 0.862. The van der Waals surface area contributed by atoms with Gasteiger partial charge in [-0.05, 0) is 43.0 Å². The zero-order chi connectivity index (χ0) is 16.6. The number of aryl methyl sites for hydroxylation is 1. The summed E-state index contributed by atoms with van der Waals surface area (Å²) < 4.78 is 0. The van der Waals surface area contributed by atoms with Crippen LogP contribution in [0.5, 0.6) is 0 Å². The lowest BCUT2D eigenvalue weighted by Crippen LogP contribution is -2.30. The minimum Gasteiger partial charge on any atom is -0.352 e. The molecule has 2 fully saturated rings. The molecular weight excluding hydrogens is 312 g/mol. The number of hydrogen-bond acceptors (Lipinski definition) is 2. The van der Waals surface area contributed by atoms with Crippen LogP contribution in [0.25, 0.3) is 0 Å². The first-order valence-corrected chi connectivity index (χ1v) is 8.27. The second-order valence-corrected chi connectivity index (χ2v) is 7.04. The van der Waals surface area contributed by atoms with E-state index in [1.54, 1.807) is 4.90 Å². The van der Waals surface area contributed by atoms with Crippen molar-refractivity contribution in [1.82, 2.24) is 10.2 Å². The van der Waals surface area contributed by atoms with Crippen molar-refractivity contribution in [2.24, 2.45) is 11.3 Å². The minimum absolute atomic E-state index is 0.00628. The molecule has 1 aliphatic heterocycles. The van der Waals surface area contributed by atoms with Crippen LogP contribution in [0.3, 0.4) is 0 Å². The van der Waals surface area contributed by atoms with Gasteiger partial charge in [-0.25, -0.2) is 0 Å². The number of likely N-dealkylation sites (tertiary alicyclic amines) is 1. The van der Waals surface area contributed by atoms with Crippen LogP contribution in [-0.4, -0.2) is 29.8 Å². The highest BCUT2D eigenvalue weighted by Crippen LogP contribution is 2.58. The van der Waals surface area contributed by atoms with Crippen LogP contribution in [0.1, 0.15) is 24.0 Å². The molecule has 5 heteroatoms. The number of benzene rings is 1. The van der Waals surface area contributed by atoms with Gasteiger partial charge in [0.25, 0.3) is 0 Å². The van der Waals surface area contributed by atoms with Crippen molar-refractivity contribution in [2.45, 2.75) is 26.3 Å². The molecular formula is C18H21ClN2O2. The molecule has 1 heterocycles. The SMILES string of the molecule is C=CC(=O)N1CCC2(CC2C(=O)NCc2ccc(C)c(Cl)c2)C1. The van der Waals surface area contributed by atoms with Gasteiger partial charge in [-0.1, -0.05) is 30.3 Å². The maximum Gasteiger partial charge on any atom is 0.245 e. The summed E-state index contributed by atoms with van der Waals surface area (Å²) in [4.78, 5) is 25.8. The van der Waals surface area contributed by atoms with E-state index in [4.69, 9.17) is 11.6 Å². The van der Waals surface area contributed by atoms with E-state index in [1.807, 2.05) is 25.1 Å². The smallest absolute Gasteiger partial charge is 0.245 e. The summed E-state index contributed by atoms with van der Waals surface area (Å²) in [6.45, 7) is 7.36. The fourth-order valence-electron chi connectivity index (χ4n) is 3.44. The molecule has 2 atom stereocenters. The van der Waals surface area contributed by atoms with Gasteiger partial charge in [0, 0.05) is 36.0 Å². The van der Waals surface area contributed by atoms with Crippen molar-refractivity contribution in [3.8, 4) is 0 Å². The molecule has 1 spiro atoms. The van der Waals surface area contributed by atoms with Crippen LogP contribution < -0.4 is 5.32 Å². The maximum absolute atomic E-state index is 12.4. The monoisotopic (exact) mass is 332 g/mol. The van der Waals surface area contributed by atoms with Gasteiger partial charge in [-0.2, -0.15) is 0 Å². The van der Waals surface area contributed by atoms with Gasteiger partial charge in [0.15, 0.2) is 0 Å². The average Bonchev–Trinajstić information content (AvgIpc) is 3.08. The third-order valence-corrected chi connectivity index (χ3v) is 5.49. The summed E-state index contributed by atoms with van der Waals surface area (Å²) in [6, 6.07) is 5.82. The topological polar surface area (TPSA) is 49.4 Å². The van der Waals surface area contributed by atoms with E-state index in [9.17, 15) is 9.59 Å². The van der Waals surface area contributed by atoms with Crippen LogP contribution in [0.4, 0.5) is 0 Å². The average molecular weight is 333 g/mol. The second-order valence-electron chi connectivity index (χ2n) is 6.63. The lowest BCUT2D eigenvalue weighted by Gasteiger charge is -2.14. The predicted octanol–water partition coefficient (Wildman–Crippen LogP) is 2.69. The molecule has 1 saturated carbocycles. The molecule has 1 aromatic rings. The predicted molar refractivity (Wildman–Crippen MR) is 90.0 cm³/mol. The summed E-state index contributed by atoms with van der Waals surface area (Å²) in [6.07, 6.45) is 3.12. The molecule has 3 rings (SSSR count). The summed E-state index contributed by atoms with van der Waals surface area (Å²) >= 11 is 6.10. The van der Waals surface area contributed by atoms with Crippen LogP contribution in [0, 0.1) is 18.3 Å². The first-order chi connectivity index (χ1) is 10.9. The molecule has 122 valence electrons. The van der Waals surface area contributed by atoms with Crippen molar-refractivity contribution >= 4 is 23.4 Å². The molecule has 2 amide bonds. The summed E-state index contributed by atoms with van der Waals surface area (Å²) in [7, 11) is 0. The highest BCUT2D eigenvalue weighted by Gasteiger charge is 2.61. The molecule has 0 aromatic heterocycles. The number of carbonyl (C=O) groups excluding carboxylic acids is 2. The van der Waals surface area contributed by atoms with Gasteiger partial charge < -0.3 is 10.2 Å². The summed E-state index contributed by atoms with van der Waals surface area (Å²) in [5.74, 6) is 0.0582. The van der Waals surface area contributed by atoms with Gasteiger partial charge in [-0.15, -0.1) is 0 Å². The van der Waals surface area contributed by atoms with Crippen molar-refractivity contribution < 1.29 is 9.59 Å². The van der Waals surface area contributed by atoms with Gasteiger partial charge in [0.1, 0.15) is 0 Å². The van der Waals surface area contributed by atoms with Crippen molar-refractivity contribution in [3.05, 3.63) is 47.0 Å². The standard InChI is InChI=1S/C18H21ClN2O2/c1-3-16(22)21-7-6-18(11-21)9-14(18)17(23)20-10-13-5-4-12(2)15(19)8-13/h3-5,8,14H,1,6-7,9-11H2,2H3,(H,20,23). The minimum atomic E-state index is -0.0396. The Morgan fingerprint density at radius 2 is 2.30 bits per heavy atom. The van der Waals surface area contributed by atoms with E-state index in [2.05, 4.69) is 11.9 Å². The first-order valence-electron chi connectivity index (χ1n) is 7.89. The highest BCUT2D eigenvalue weighted by atomic mass is 35.5. The Labute approximate surface area is 141 Å². The number of nitrogens with one attached hydrogen (secondary N) is 1. The van der Waals surface area contributed by atoms with E-state index in [0.29, 0.717) is 18.1 Å². The molecule has 1 aromatic carbocycles. The third-order valence-electron chi connectivity index (χ3n) is 5.08. The highest BCUT2D eigenvalue weighted by molar-refractivity contribution is 6.31. The van der Waals surface area contributed by atoms with E-state index >= 15 is 0 Å². The Bertz CT molecular complexity index is 673. The Morgan fingerprint density at radius 1 is 1.52 bits per heavy atom. The molecule has 0 radical (unpaired) electrons. The van der Waals surface area contributed by atoms with Gasteiger partial charge in [-0.3, -0.25) is 9.59 Å². The zero-order valence-corrected chi connectivity index (χ0v) is 14.0. The molecule has 1 saturated heterocycles. The summed E-state index contributed by atoms with van der Waals surface area (Å²) in [5, 5.41) is 3.71. The number of rotatable bonds is 4. The number of nitrogens with zero attached hydrogens (tertiary/aromatic N) is 1. The Hall–Kier alpha value is -1.81. The van der Waals surface area contributed by atoms with Gasteiger partial charge in [0.2, 0.25) is 11.8 Å². The maximum atomic E-state index is 12.4. The summed E-state index contributed by atoms with van der Waals surface area (Å²) in [5.41, 5.74) is 2.02. The molecule has 2 aliphatic rings. The van der Waals surface area contributed by atoms with Crippen LogP contribution >= 0.6 is 11.6 Å². The largest absolute Gasteiger partial charge is 0.352 e. The number of amides is 2. The fraction of sp³-hybridized carbons (Fsp3) is 0.444. The van der Waals surface area contributed by atoms with Crippen LogP contribution in [0.15, 0.2) is 30.9 Å². The van der Waals surface area contributed by atoms with E-state index in [1.165, 1.54) is 6.08 Å². The van der Waals surface area contributed by atoms with E-state index in [0.717, 1.165) is 30.5 Å². The molecule has 1 aliphatic carbocycles. The number of halogens is 1. The van der Waals surface area contributed by atoms with Crippen molar-refractivity contribution in [1.29, 1.82) is 0 Å². The van der Waals surface area contributed by atoms with Crippen molar-refractivity contribution in [3.63, 3.8) is 0 Å². The van der Waals surface area contributed by atoms with Crippen LogP contribution in [0.2, 0.25) is 5.02 Å². The molecule has 0 bridgehead atoms. The lowest BCUT2D eigenvalue weighted by molar-refractivity contribution is -0.126. The normalized spacial score (nSPS) is 25.5. The van der Waals surface area contributed by atoms with E-state index < -0.39 is 0 Å². The zero-order valence-electron chi connectivity index (χ0n) is 13.3. The Kier molecular flexibility index (Phi) is 4.19. The number of hydrogen-bond donors (Lipinski definition) is 1. The molecule has 4 nitrogen and oxygen atoms in total. The Balaban J connectivity index is 1.54.